The lowest BCUT2D eigenvalue weighted by Crippen LogP contribution is -2.24. The maximum absolute atomic E-state index is 6.02. The Kier molecular flexibility index (Phi) is 3.60. The Morgan fingerprint density at radius 3 is 2.62 bits per heavy atom. The summed E-state index contributed by atoms with van der Waals surface area (Å²) in [5, 5.41) is 0. The molecule has 3 nitrogen and oxygen atoms in total. The summed E-state index contributed by atoms with van der Waals surface area (Å²) in [7, 11) is 0. The predicted octanol–water partition coefficient (Wildman–Crippen LogP) is 3.44. The van der Waals surface area contributed by atoms with Crippen LogP contribution in [0.4, 0.5) is 0 Å². The van der Waals surface area contributed by atoms with E-state index in [1.54, 1.807) is 0 Å². The molecule has 0 bridgehead atoms. The molecule has 0 aliphatic carbocycles. The number of para-hydroxylation sites is 1. The van der Waals surface area contributed by atoms with Crippen molar-refractivity contribution in [1.29, 1.82) is 0 Å². The normalized spacial score (nSPS) is 15.4. The summed E-state index contributed by atoms with van der Waals surface area (Å²) in [6.07, 6.45) is 0.916. The van der Waals surface area contributed by atoms with Gasteiger partial charge in [-0.05, 0) is 31.0 Å². The van der Waals surface area contributed by atoms with Gasteiger partial charge in [0, 0.05) is 18.5 Å². The number of hydrogen-bond acceptors (Lipinski definition) is 3. The Hall–Kier alpha value is -2.00. The summed E-state index contributed by atoms with van der Waals surface area (Å²) in [5.41, 5.74) is 9.06. The molecule has 0 atom stereocenters. The maximum atomic E-state index is 6.02. The van der Waals surface area contributed by atoms with Crippen LogP contribution < -0.4 is 15.2 Å². The van der Waals surface area contributed by atoms with Gasteiger partial charge in [0.25, 0.3) is 0 Å². The zero-order valence-corrected chi connectivity index (χ0v) is 12.6. The van der Waals surface area contributed by atoms with Gasteiger partial charge in [0.05, 0.1) is 0 Å². The Labute approximate surface area is 125 Å². The molecule has 1 aliphatic heterocycles. The number of benzene rings is 2. The Balaban J connectivity index is 1.80. The Bertz CT molecular complexity index is 649. The van der Waals surface area contributed by atoms with Gasteiger partial charge in [0.1, 0.15) is 12.2 Å². The lowest BCUT2D eigenvalue weighted by Gasteiger charge is -2.18. The van der Waals surface area contributed by atoms with Gasteiger partial charge in [0.15, 0.2) is 11.5 Å². The first kappa shape index (κ1) is 14.0. The summed E-state index contributed by atoms with van der Waals surface area (Å²) >= 11 is 0. The van der Waals surface area contributed by atoms with E-state index in [4.69, 9.17) is 15.2 Å². The highest BCUT2D eigenvalue weighted by Gasteiger charge is 2.32. The summed E-state index contributed by atoms with van der Waals surface area (Å²) in [5.74, 6) is 1.69. The number of ether oxygens (including phenoxy) is 2. The van der Waals surface area contributed by atoms with Crippen molar-refractivity contribution in [3.63, 3.8) is 0 Å². The maximum Gasteiger partial charge on any atom is 0.165 e. The molecule has 2 N–H and O–H groups in total. The van der Waals surface area contributed by atoms with Crippen LogP contribution in [0.5, 0.6) is 11.5 Å². The molecule has 0 fully saturated rings. The molecule has 3 heteroatoms. The van der Waals surface area contributed by atoms with E-state index in [9.17, 15) is 0 Å². The highest BCUT2D eigenvalue weighted by atomic mass is 16.5. The van der Waals surface area contributed by atoms with Gasteiger partial charge in [-0.3, -0.25) is 0 Å². The fourth-order valence-electron chi connectivity index (χ4n) is 2.75. The molecule has 0 amide bonds. The molecular formula is C18H21NO2. The second-order valence-corrected chi connectivity index (χ2v) is 6.04. The molecule has 3 rings (SSSR count). The molecule has 110 valence electrons. The lowest BCUT2D eigenvalue weighted by atomic mass is 10.0. The van der Waals surface area contributed by atoms with Gasteiger partial charge in [-0.25, -0.2) is 0 Å². The molecule has 1 aliphatic rings. The average Bonchev–Trinajstić information content (AvgIpc) is 2.79. The van der Waals surface area contributed by atoms with E-state index in [1.165, 1.54) is 5.56 Å². The molecule has 1 heterocycles. The molecule has 2 aromatic rings. The van der Waals surface area contributed by atoms with E-state index in [2.05, 4.69) is 26.0 Å². The van der Waals surface area contributed by atoms with E-state index in [-0.39, 0.29) is 5.60 Å². The highest BCUT2D eigenvalue weighted by Crippen LogP contribution is 2.41. The fraction of sp³-hybridized carbons (Fsp3) is 0.333. The second kappa shape index (κ2) is 5.41. The third-order valence-electron chi connectivity index (χ3n) is 3.78. The van der Waals surface area contributed by atoms with E-state index >= 15 is 0 Å². The first-order valence-electron chi connectivity index (χ1n) is 7.29. The van der Waals surface area contributed by atoms with Crippen molar-refractivity contribution in [2.45, 2.75) is 39.0 Å². The third kappa shape index (κ3) is 2.88. The highest BCUT2D eigenvalue weighted by molar-refractivity contribution is 5.50. The SMILES string of the molecule is CC1(C)Cc2cccc(OCc3ccccc3CN)c2O1. The van der Waals surface area contributed by atoms with Crippen LogP contribution in [-0.2, 0) is 19.6 Å². The topological polar surface area (TPSA) is 44.5 Å². The number of nitrogens with two attached hydrogens (primary N) is 1. The van der Waals surface area contributed by atoms with E-state index < -0.39 is 0 Å². The Morgan fingerprint density at radius 1 is 1.10 bits per heavy atom. The minimum Gasteiger partial charge on any atom is -0.485 e. The van der Waals surface area contributed by atoms with Crippen molar-refractivity contribution < 1.29 is 9.47 Å². The quantitative estimate of drug-likeness (QED) is 0.935. The monoisotopic (exact) mass is 283 g/mol. The molecule has 0 aromatic heterocycles. The minimum absolute atomic E-state index is 0.156. The van der Waals surface area contributed by atoms with E-state index in [0.29, 0.717) is 13.2 Å². The molecule has 0 unspecified atom stereocenters. The molecule has 0 saturated heterocycles. The van der Waals surface area contributed by atoms with Crippen molar-refractivity contribution in [3.05, 3.63) is 59.2 Å². The number of rotatable bonds is 4. The fourth-order valence-corrected chi connectivity index (χ4v) is 2.75. The number of hydrogen-bond donors (Lipinski definition) is 1. The molecule has 0 radical (unpaired) electrons. The van der Waals surface area contributed by atoms with Crippen molar-refractivity contribution >= 4 is 0 Å². The Morgan fingerprint density at radius 2 is 1.86 bits per heavy atom. The van der Waals surface area contributed by atoms with E-state index in [0.717, 1.165) is 29.0 Å². The summed E-state index contributed by atoms with van der Waals surface area (Å²) in [6.45, 7) is 5.23. The van der Waals surface area contributed by atoms with Gasteiger partial charge < -0.3 is 15.2 Å². The van der Waals surface area contributed by atoms with Crippen LogP contribution in [0, 0.1) is 0 Å². The van der Waals surface area contributed by atoms with Crippen LogP contribution in [0.2, 0.25) is 0 Å². The molecule has 21 heavy (non-hydrogen) atoms. The minimum atomic E-state index is -0.156. The van der Waals surface area contributed by atoms with Crippen LogP contribution in [-0.4, -0.2) is 5.60 Å². The molecular weight excluding hydrogens is 262 g/mol. The smallest absolute Gasteiger partial charge is 0.165 e. The van der Waals surface area contributed by atoms with Gasteiger partial charge in [-0.1, -0.05) is 36.4 Å². The van der Waals surface area contributed by atoms with Crippen LogP contribution in [0.3, 0.4) is 0 Å². The van der Waals surface area contributed by atoms with Gasteiger partial charge >= 0.3 is 0 Å². The second-order valence-electron chi connectivity index (χ2n) is 6.04. The van der Waals surface area contributed by atoms with Crippen LogP contribution >= 0.6 is 0 Å². The van der Waals surface area contributed by atoms with Crippen LogP contribution in [0.15, 0.2) is 42.5 Å². The third-order valence-corrected chi connectivity index (χ3v) is 3.78. The van der Waals surface area contributed by atoms with Crippen LogP contribution in [0.1, 0.15) is 30.5 Å². The van der Waals surface area contributed by atoms with Crippen molar-refractivity contribution in [2.24, 2.45) is 5.73 Å². The zero-order chi connectivity index (χ0) is 14.9. The standard InChI is InChI=1S/C18H21NO2/c1-18(2)10-13-8-5-9-16(17(13)21-18)20-12-15-7-4-3-6-14(15)11-19/h3-9H,10-12,19H2,1-2H3. The van der Waals surface area contributed by atoms with Crippen LogP contribution in [0.25, 0.3) is 0 Å². The van der Waals surface area contributed by atoms with Crippen molar-refractivity contribution in [3.8, 4) is 11.5 Å². The first-order chi connectivity index (χ1) is 10.1. The van der Waals surface area contributed by atoms with Gasteiger partial charge in [-0.2, -0.15) is 0 Å². The number of fused-ring (bicyclic) bond motifs is 1. The molecule has 2 aromatic carbocycles. The van der Waals surface area contributed by atoms with Crippen molar-refractivity contribution in [2.75, 3.05) is 0 Å². The molecule has 0 spiro atoms. The van der Waals surface area contributed by atoms with Gasteiger partial charge in [-0.15, -0.1) is 0 Å². The predicted molar refractivity (Wildman–Crippen MR) is 83.5 cm³/mol. The average molecular weight is 283 g/mol. The molecule has 0 saturated carbocycles. The van der Waals surface area contributed by atoms with Gasteiger partial charge in [0.2, 0.25) is 0 Å². The van der Waals surface area contributed by atoms with Crippen molar-refractivity contribution in [1.82, 2.24) is 0 Å². The van der Waals surface area contributed by atoms with E-state index in [1.807, 2.05) is 30.3 Å². The summed E-state index contributed by atoms with van der Waals surface area (Å²) < 4.78 is 12.0. The summed E-state index contributed by atoms with van der Waals surface area (Å²) in [6, 6.07) is 14.2. The first-order valence-corrected chi connectivity index (χ1v) is 7.29. The largest absolute Gasteiger partial charge is 0.485 e. The summed E-state index contributed by atoms with van der Waals surface area (Å²) in [4.78, 5) is 0. The lowest BCUT2D eigenvalue weighted by molar-refractivity contribution is 0.131. The zero-order valence-electron chi connectivity index (χ0n) is 12.6.